The minimum Gasteiger partial charge on any atom is -0.346 e. The molecule has 1 saturated carbocycles. The molecule has 1 aromatic rings. The fourth-order valence-electron chi connectivity index (χ4n) is 2.99. The minimum absolute atomic E-state index is 0.00820. The average molecular weight is 315 g/mol. The second kappa shape index (κ2) is 7.59. The molecular weight excluding hydrogens is 290 g/mol. The molecule has 0 radical (unpaired) electrons. The van der Waals surface area contributed by atoms with Crippen LogP contribution < -0.4 is 10.6 Å². The van der Waals surface area contributed by atoms with Crippen molar-refractivity contribution in [1.82, 2.24) is 15.5 Å². The Hall–Kier alpha value is -1.88. The lowest BCUT2D eigenvalue weighted by molar-refractivity contribution is -0.129. The maximum atomic E-state index is 12.2. The highest BCUT2D eigenvalue weighted by molar-refractivity contribution is 5.79. The molecule has 5 nitrogen and oxygen atoms in total. The van der Waals surface area contributed by atoms with Crippen LogP contribution in [0.15, 0.2) is 30.3 Å². The predicted molar refractivity (Wildman–Crippen MR) is 88.7 cm³/mol. The van der Waals surface area contributed by atoms with Crippen LogP contribution >= 0.6 is 0 Å². The summed E-state index contributed by atoms with van der Waals surface area (Å²) in [5.41, 5.74) is 1.04. The van der Waals surface area contributed by atoms with Crippen molar-refractivity contribution in [3.8, 4) is 0 Å². The van der Waals surface area contributed by atoms with Crippen molar-refractivity contribution >= 4 is 11.8 Å². The van der Waals surface area contributed by atoms with Crippen molar-refractivity contribution < 1.29 is 9.59 Å². The SMILES string of the molecule is O=C(CNCC1CC1)NC(CN1CCCC1=O)c1ccccc1. The summed E-state index contributed by atoms with van der Waals surface area (Å²) in [5, 5.41) is 6.29. The minimum atomic E-state index is -0.145. The lowest BCUT2D eigenvalue weighted by Crippen LogP contribution is -2.42. The quantitative estimate of drug-likeness (QED) is 0.763. The van der Waals surface area contributed by atoms with Gasteiger partial charge < -0.3 is 15.5 Å². The summed E-state index contributed by atoms with van der Waals surface area (Å²) in [7, 11) is 0. The van der Waals surface area contributed by atoms with Crippen LogP contribution in [0.25, 0.3) is 0 Å². The Bertz CT molecular complexity index is 542. The molecule has 23 heavy (non-hydrogen) atoms. The number of benzene rings is 1. The third kappa shape index (κ3) is 4.79. The van der Waals surface area contributed by atoms with Gasteiger partial charge in [0.2, 0.25) is 11.8 Å². The second-order valence-corrected chi connectivity index (χ2v) is 6.55. The van der Waals surface area contributed by atoms with E-state index in [1.807, 2.05) is 35.2 Å². The number of rotatable bonds is 8. The average Bonchev–Trinajstić information content (AvgIpc) is 3.30. The van der Waals surface area contributed by atoms with Crippen molar-refractivity contribution in [2.45, 2.75) is 31.7 Å². The molecule has 2 fully saturated rings. The van der Waals surface area contributed by atoms with Gasteiger partial charge in [-0.3, -0.25) is 9.59 Å². The Morgan fingerprint density at radius 3 is 2.70 bits per heavy atom. The number of carbonyl (C=O) groups excluding carboxylic acids is 2. The smallest absolute Gasteiger partial charge is 0.234 e. The van der Waals surface area contributed by atoms with Crippen LogP contribution in [0.2, 0.25) is 0 Å². The van der Waals surface area contributed by atoms with Gasteiger partial charge in [-0.1, -0.05) is 30.3 Å². The molecule has 1 aromatic carbocycles. The van der Waals surface area contributed by atoms with E-state index in [1.54, 1.807) is 0 Å². The van der Waals surface area contributed by atoms with E-state index in [0.29, 0.717) is 19.5 Å². The first-order valence-electron chi connectivity index (χ1n) is 8.55. The Balaban J connectivity index is 1.57. The van der Waals surface area contributed by atoms with Gasteiger partial charge in [0.05, 0.1) is 12.6 Å². The third-order valence-corrected chi connectivity index (χ3v) is 4.53. The van der Waals surface area contributed by atoms with Gasteiger partial charge in [0.15, 0.2) is 0 Å². The second-order valence-electron chi connectivity index (χ2n) is 6.55. The molecule has 0 bridgehead atoms. The summed E-state index contributed by atoms with van der Waals surface area (Å²) in [6, 6.07) is 9.75. The van der Waals surface area contributed by atoms with Gasteiger partial charge >= 0.3 is 0 Å². The molecule has 2 amide bonds. The van der Waals surface area contributed by atoms with Crippen LogP contribution in [-0.4, -0.2) is 42.9 Å². The molecule has 124 valence electrons. The fourth-order valence-corrected chi connectivity index (χ4v) is 2.99. The Labute approximate surface area is 137 Å². The maximum Gasteiger partial charge on any atom is 0.234 e. The molecule has 1 aliphatic heterocycles. The number of nitrogens with zero attached hydrogens (tertiary/aromatic N) is 1. The third-order valence-electron chi connectivity index (χ3n) is 4.53. The Morgan fingerprint density at radius 1 is 1.26 bits per heavy atom. The summed E-state index contributed by atoms with van der Waals surface area (Å²) in [5.74, 6) is 0.938. The first-order valence-corrected chi connectivity index (χ1v) is 8.55. The maximum absolute atomic E-state index is 12.2. The van der Waals surface area contributed by atoms with Crippen molar-refractivity contribution in [2.24, 2.45) is 5.92 Å². The number of nitrogens with one attached hydrogen (secondary N) is 2. The zero-order valence-electron chi connectivity index (χ0n) is 13.5. The standard InChI is InChI=1S/C18H25N3O2/c22-17(12-19-11-14-8-9-14)20-16(15-5-2-1-3-6-15)13-21-10-4-7-18(21)23/h1-3,5-6,14,16,19H,4,7-13H2,(H,20,22). The zero-order valence-corrected chi connectivity index (χ0v) is 13.5. The molecule has 1 atom stereocenters. The Kier molecular flexibility index (Phi) is 5.28. The normalized spacial score (nSPS) is 19.0. The van der Waals surface area contributed by atoms with Gasteiger partial charge in [-0.25, -0.2) is 0 Å². The highest BCUT2D eigenvalue weighted by atomic mass is 16.2. The van der Waals surface area contributed by atoms with Gasteiger partial charge in [0, 0.05) is 19.5 Å². The van der Waals surface area contributed by atoms with Crippen LogP contribution in [0, 0.1) is 5.92 Å². The summed E-state index contributed by atoms with van der Waals surface area (Å²) >= 11 is 0. The van der Waals surface area contributed by atoms with Crippen molar-refractivity contribution in [2.75, 3.05) is 26.2 Å². The van der Waals surface area contributed by atoms with E-state index >= 15 is 0 Å². The number of likely N-dealkylation sites (tertiary alicyclic amines) is 1. The van der Waals surface area contributed by atoms with Crippen molar-refractivity contribution in [3.05, 3.63) is 35.9 Å². The van der Waals surface area contributed by atoms with E-state index in [-0.39, 0.29) is 17.9 Å². The summed E-state index contributed by atoms with van der Waals surface area (Å²) < 4.78 is 0. The van der Waals surface area contributed by atoms with Crippen LogP contribution in [-0.2, 0) is 9.59 Å². The van der Waals surface area contributed by atoms with Crippen molar-refractivity contribution in [1.29, 1.82) is 0 Å². The highest BCUT2D eigenvalue weighted by Gasteiger charge is 2.25. The molecular formula is C18H25N3O2. The van der Waals surface area contributed by atoms with E-state index in [9.17, 15) is 9.59 Å². The molecule has 1 heterocycles. The molecule has 2 N–H and O–H groups in total. The van der Waals surface area contributed by atoms with Crippen LogP contribution in [0.1, 0.15) is 37.3 Å². The first-order chi connectivity index (χ1) is 11.2. The lowest BCUT2D eigenvalue weighted by atomic mass is 10.1. The summed E-state index contributed by atoms with van der Waals surface area (Å²) in [6.45, 7) is 2.61. The monoisotopic (exact) mass is 315 g/mol. The summed E-state index contributed by atoms with van der Waals surface area (Å²) in [4.78, 5) is 25.9. The summed E-state index contributed by atoms with van der Waals surface area (Å²) in [6.07, 6.45) is 4.09. The van der Waals surface area contributed by atoms with Crippen LogP contribution in [0.4, 0.5) is 0 Å². The van der Waals surface area contributed by atoms with Gasteiger partial charge in [0.25, 0.3) is 0 Å². The molecule has 1 saturated heterocycles. The number of amides is 2. The number of carbonyl (C=O) groups is 2. The predicted octanol–water partition coefficient (Wildman–Crippen LogP) is 1.47. The first kappa shape index (κ1) is 16.0. The highest BCUT2D eigenvalue weighted by Crippen LogP contribution is 2.27. The molecule has 1 aliphatic carbocycles. The van der Waals surface area contributed by atoms with Gasteiger partial charge in [-0.05, 0) is 37.3 Å². The van der Waals surface area contributed by atoms with E-state index in [4.69, 9.17) is 0 Å². The topological polar surface area (TPSA) is 61.4 Å². The molecule has 5 heteroatoms. The van der Waals surface area contributed by atoms with E-state index in [2.05, 4.69) is 10.6 Å². The Morgan fingerprint density at radius 2 is 2.04 bits per heavy atom. The van der Waals surface area contributed by atoms with E-state index < -0.39 is 0 Å². The largest absolute Gasteiger partial charge is 0.346 e. The van der Waals surface area contributed by atoms with Crippen LogP contribution in [0.3, 0.4) is 0 Å². The van der Waals surface area contributed by atoms with E-state index in [1.165, 1.54) is 12.8 Å². The van der Waals surface area contributed by atoms with Crippen molar-refractivity contribution in [3.63, 3.8) is 0 Å². The number of hydrogen-bond donors (Lipinski definition) is 2. The molecule has 3 rings (SSSR count). The molecule has 0 spiro atoms. The molecule has 1 unspecified atom stereocenters. The number of hydrogen-bond acceptors (Lipinski definition) is 3. The zero-order chi connectivity index (χ0) is 16.1. The molecule has 0 aromatic heterocycles. The van der Waals surface area contributed by atoms with E-state index in [0.717, 1.165) is 31.0 Å². The lowest BCUT2D eigenvalue weighted by Gasteiger charge is -2.25. The van der Waals surface area contributed by atoms with Crippen LogP contribution in [0.5, 0.6) is 0 Å². The fraction of sp³-hybridized carbons (Fsp3) is 0.556. The molecule has 2 aliphatic rings. The van der Waals surface area contributed by atoms with Gasteiger partial charge in [-0.15, -0.1) is 0 Å². The van der Waals surface area contributed by atoms with Gasteiger partial charge in [-0.2, -0.15) is 0 Å². The van der Waals surface area contributed by atoms with Gasteiger partial charge in [0.1, 0.15) is 0 Å².